The topological polar surface area (TPSA) is 83.1 Å². The average molecular weight is 305 g/mol. The first-order valence-corrected chi connectivity index (χ1v) is 8.05. The molecule has 1 aliphatic rings. The van der Waals surface area contributed by atoms with E-state index in [0.717, 1.165) is 11.4 Å². The van der Waals surface area contributed by atoms with Crippen LogP contribution in [-0.4, -0.2) is 35.0 Å². The fraction of sp³-hybridized carbons (Fsp3) is 0.286. The standard InChI is InChI=1S/C14H15N3O3S/c1-10(18)11-3-2-4-12(7-11)21(19,20)17-6-5-13-14(8-17)16-9-15-13/h2-4,7,9H,5-6,8H2,1H3,(H,15,16). The van der Waals surface area contributed by atoms with Crippen LogP contribution in [0.15, 0.2) is 35.5 Å². The number of aromatic nitrogens is 2. The lowest BCUT2D eigenvalue weighted by atomic mass is 10.2. The molecule has 21 heavy (non-hydrogen) atoms. The SMILES string of the molecule is CC(=O)c1cccc(S(=O)(=O)N2CCc3nc[nH]c3C2)c1. The molecule has 0 amide bonds. The van der Waals surface area contributed by atoms with Crippen LogP contribution in [-0.2, 0) is 23.0 Å². The lowest BCUT2D eigenvalue weighted by molar-refractivity contribution is 0.101. The normalized spacial score (nSPS) is 15.7. The zero-order valence-corrected chi connectivity index (χ0v) is 12.4. The highest BCUT2D eigenvalue weighted by Crippen LogP contribution is 2.23. The van der Waals surface area contributed by atoms with E-state index in [2.05, 4.69) is 9.97 Å². The predicted octanol–water partition coefficient (Wildman–Crippen LogP) is 1.36. The van der Waals surface area contributed by atoms with Gasteiger partial charge >= 0.3 is 0 Å². The molecule has 7 heteroatoms. The number of H-pyrrole nitrogens is 1. The number of hydrogen-bond donors (Lipinski definition) is 1. The van der Waals surface area contributed by atoms with Gasteiger partial charge in [-0.05, 0) is 19.1 Å². The van der Waals surface area contributed by atoms with Gasteiger partial charge in [-0.2, -0.15) is 4.31 Å². The molecular formula is C14H15N3O3S. The summed E-state index contributed by atoms with van der Waals surface area (Å²) >= 11 is 0. The van der Waals surface area contributed by atoms with Crippen LogP contribution in [0, 0.1) is 0 Å². The molecule has 1 aromatic carbocycles. The first-order chi connectivity index (χ1) is 9.98. The van der Waals surface area contributed by atoms with E-state index < -0.39 is 10.0 Å². The highest BCUT2D eigenvalue weighted by atomic mass is 32.2. The van der Waals surface area contributed by atoms with Crippen LogP contribution < -0.4 is 0 Å². The van der Waals surface area contributed by atoms with Crippen molar-refractivity contribution >= 4 is 15.8 Å². The molecule has 2 heterocycles. The van der Waals surface area contributed by atoms with E-state index in [9.17, 15) is 13.2 Å². The minimum absolute atomic E-state index is 0.151. The summed E-state index contributed by atoms with van der Waals surface area (Å²) in [5.74, 6) is -0.151. The van der Waals surface area contributed by atoms with Gasteiger partial charge in [-0.25, -0.2) is 13.4 Å². The smallest absolute Gasteiger partial charge is 0.243 e. The van der Waals surface area contributed by atoms with Gasteiger partial charge in [0.2, 0.25) is 10.0 Å². The summed E-state index contributed by atoms with van der Waals surface area (Å²) in [6.07, 6.45) is 2.17. The number of nitrogens with zero attached hydrogens (tertiary/aromatic N) is 2. The van der Waals surface area contributed by atoms with Gasteiger partial charge < -0.3 is 4.98 Å². The summed E-state index contributed by atoms with van der Waals surface area (Å²) in [6, 6.07) is 6.16. The summed E-state index contributed by atoms with van der Waals surface area (Å²) in [4.78, 5) is 18.7. The van der Waals surface area contributed by atoms with E-state index in [-0.39, 0.29) is 17.2 Å². The fourth-order valence-electron chi connectivity index (χ4n) is 2.42. The largest absolute Gasteiger partial charge is 0.347 e. The van der Waals surface area contributed by atoms with Crippen LogP contribution >= 0.6 is 0 Å². The van der Waals surface area contributed by atoms with Gasteiger partial charge in [0, 0.05) is 18.5 Å². The highest BCUT2D eigenvalue weighted by molar-refractivity contribution is 7.89. The maximum Gasteiger partial charge on any atom is 0.243 e. The maximum atomic E-state index is 12.7. The van der Waals surface area contributed by atoms with E-state index >= 15 is 0 Å². The summed E-state index contributed by atoms with van der Waals surface area (Å²) in [7, 11) is -3.61. The Hall–Kier alpha value is -1.99. The maximum absolute atomic E-state index is 12.7. The molecule has 0 fully saturated rings. The molecule has 0 saturated heterocycles. The first kappa shape index (κ1) is 14.0. The molecule has 110 valence electrons. The molecule has 3 rings (SSSR count). The second kappa shape index (κ2) is 5.09. The van der Waals surface area contributed by atoms with Gasteiger partial charge in [0.05, 0.1) is 29.2 Å². The van der Waals surface area contributed by atoms with E-state index in [1.54, 1.807) is 18.5 Å². The summed E-state index contributed by atoms with van der Waals surface area (Å²) < 4.78 is 26.8. The Kier molecular flexibility index (Phi) is 3.38. The molecule has 0 atom stereocenters. The van der Waals surface area contributed by atoms with Crippen molar-refractivity contribution in [1.82, 2.24) is 14.3 Å². The van der Waals surface area contributed by atoms with Crippen LogP contribution in [0.1, 0.15) is 28.7 Å². The Bertz CT molecular complexity index is 795. The Morgan fingerprint density at radius 3 is 2.95 bits per heavy atom. The molecule has 0 radical (unpaired) electrons. The Labute approximate surface area is 122 Å². The Balaban J connectivity index is 1.94. The molecule has 6 nitrogen and oxygen atoms in total. The quantitative estimate of drug-likeness (QED) is 0.868. The van der Waals surface area contributed by atoms with Gasteiger partial charge in [-0.3, -0.25) is 4.79 Å². The van der Waals surface area contributed by atoms with Gasteiger partial charge in [-0.1, -0.05) is 12.1 Å². The zero-order valence-electron chi connectivity index (χ0n) is 11.5. The van der Waals surface area contributed by atoms with E-state index in [0.29, 0.717) is 18.5 Å². The third-order valence-electron chi connectivity index (χ3n) is 3.62. The number of carbonyl (C=O) groups is 1. The number of Topliss-reactive ketones (excluding diaryl/α,β-unsaturated/α-hetero) is 1. The fourth-order valence-corrected chi connectivity index (χ4v) is 3.87. The molecule has 0 aliphatic carbocycles. The average Bonchev–Trinajstić information content (AvgIpc) is 2.94. The van der Waals surface area contributed by atoms with Crippen molar-refractivity contribution in [3.05, 3.63) is 47.5 Å². The van der Waals surface area contributed by atoms with Crippen molar-refractivity contribution in [1.29, 1.82) is 0 Å². The van der Waals surface area contributed by atoms with Crippen LogP contribution in [0.3, 0.4) is 0 Å². The summed E-state index contributed by atoms with van der Waals surface area (Å²) in [5, 5.41) is 0. The van der Waals surface area contributed by atoms with E-state index in [1.807, 2.05) is 0 Å². The number of sulfonamides is 1. The Morgan fingerprint density at radius 2 is 2.19 bits per heavy atom. The number of hydrogen-bond acceptors (Lipinski definition) is 4. The van der Waals surface area contributed by atoms with Gasteiger partial charge in [0.1, 0.15) is 0 Å². The second-order valence-corrected chi connectivity index (χ2v) is 6.94. The zero-order chi connectivity index (χ0) is 15.0. The van der Waals surface area contributed by atoms with Crippen LogP contribution in [0.5, 0.6) is 0 Å². The highest BCUT2D eigenvalue weighted by Gasteiger charge is 2.29. The number of nitrogens with one attached hydrogen (secondary N) is 1. The van der Waals surface area contributed by atoms with Crippen molar-refractivity contribution in [2.45, 2.75) is 24.8 Å². The summed E-state index contributed by atoms with van der Waals surface area (Å²) in [5.41, 5.74) is 2.14. The number of rotatable bonds is 3. The van der Waals surface area contributed by atoms with Crippen LogP contribution in [0.4, 0.5) is 0 Å². The lowest BCUT2D eigenvalue weighted by Gasteiger charge is -2.25. The van der Waals surface area contributed by atoms with Crippen molar-refractivity contribution in [3.63, 3.8) is 0 Å². The van der Waals surface area contributed by atoms with Gasteiger partial charge in [0.25, 0.3) is 0 Å². The molecule has 2 aromatic rings. The molecule has 1 aromatic heterocycles. The second-order valence-electron chi connectivity index (χ2n) is 5.00. The van der Waals surface area contributed by atoms with E-state index in [1.165, 1.54) is 23.4 Å². The molecule has 0 unspecified atom stereocenters. The first-order valence-electron chi connectivity index (χ1n) is 6.61. The molecular weight excluding hydrogens is 290 g/mol. The van der Waals surface area contributed by atoms with Gasteiger partial charge in [0.15, 0.2) is 5.78 Å². The van der Waals surface area contributed by atoms with Crippen LogP contribution in [0.2, 0.25) is 0 Å². The minimum Gasteiger partial charge on any atom is -0.347 e. The van der Waals surface area contributed by atoms with Crippen molar-refractivity contribution < 1.29 is 13.2 Å². The minimum atomic E-state index is -3.61. The number of aromatic amines is 1. The van der Waals surface area contributed by atoms with Gasteiger partial charge in [-0.15, -0.1) is 0 Å². The van der Waals surface area contributed by atoms with E-state index in [4.69, 9.17) is 0 Å². The van der Waals surface area contributed by atoms with Crippen molar-refractivity contribution in [3.8, 4) is 0 Å². The number of imidazole rings is 1. The lowest BCUT2D eigenvalue weighted by Crippen LogP contribution is -2.36. The Morgan fingerprint density at radius 1 is 1.38 bits per heavy atom. The number of benzene rings is 1. The molecule has 0 bridgehead atoms. The number of fused-ring (bicyclic) bond motifs is 1. The molecule has 1 aliphatic heterocycles. The third kappa shape index (κ3) is 2.50. The van der Waals surface area contributed by atoms with Crippen molar-refractivity contribution in [2.24, 2.45) is 0 Å². The predicted molar refractivity (Wildman–Crippen MR) is 76.3 cm³/mol. The molecule has 0 spiro atoms. The number of carbonyl (C=O) groups excluding carboxylic acids is 1. The molecule has 0 saturated carbocycles. The monoisotopic (exact) mass is 305 g/mol. The van der Waals surface area contributed by atoms with Crippen molar-refractivity contribution in [2.75, 3.05) is 6.54 Å². The number of ketones is 1. The summed E-state index contributed by atoms with van der Waals surface area (Å²) in [6.45, 7) is 2.09. The van der Waals surface area contributed by atoms with Crippen LogP contribution in [0.25, 0.3) is 0 Å². The third-order valence-corrected chi connectivity index (χ3v) is 5.46. The molecule has 1 N–H and O–H groups in total.